The summed E-state index contributed by atoms with van der Waals surface area (Å²) in [5.41, 5.74) is 0.416. The monoisotopic (exact) mass is 227 g/mol. The average Bonchev–Trinajstić information content (AvgIpc) is 2.26. The van der Waals surface area contributed by atoms with Crippen molar-refractivity contribution in [3.63, 3.8) is 0 Å². The zero-order chi connectivity index (χ0) is 11.7. The Labute approximate surface area is 91.4 Å². The van der Waals surface area contributed by atoms with Crippen molar-refractivity contribution in [3.05, 3.63) is 34.9 Å². The van der Waals surface area contributed by atoms with Gasteiger partial charge in [-0.25, -0.2) is 13.6 Å². The summed E-state index contributed by atoms with van der Waals surface area (Å²) in [7, 11) is 0. The predicted octanol–water partition coefficient (Wildman–Crippen LogP) is 2.44. The number of ether oxygens (including phenoxy) is 1. The minimum Gasteiger partial charge on any atom is -0.449 e. The van der Waals surface area contributed by atoms with Crippen molar-refractivity contribution in [1.82, 2.24) is 5.32 Å². The van der Waals surface area contributed by atoms with Crippen LogP contribution in [0.5, 0.6) is 0 Å². The van der Waals surface area contributed by atoms with E-state index in [1.165, 1.54) is 19.1 Å². The van der Waals surface area contributed by atoms with E-state index in [1.54, 1.807) is 0 Å². The van der Waals surface area contributed by atoms with Crippen molar-refractivity contribution in [2.45, 2.75) is 19.4 Å². The van der Waals surface area contributed by atoms with Gasteiger partial charge in [0.15, 0.2) is 11.6 Å². The van der Waals surface area contributed by atoms with Crippen molar-refractivity contribution in [2.75, 3.05) is 6.61 Å². The van der Waals surface area contributed by atoms with Crippen LogP contribution >= 0.6 is 0 Å². The van der Waals surface area contributed by atoms with Gasteiger partial charge in [0.1, 0.15) is 0 Å². The molecule has 0 spiro atoms. The Morgan fingerprint density at radius 1 is 1.38 bits per heavy atom. The lowest BCUT2D eigenvalue weighted by atomic mass is 10.0. The maximum Gasteiger partial charge on any atom is 0.407 e. The van der Waals surface area contributed by atoms with E-state index >= 15 is 0 Å². The van der Waals surface area contributed by atoms with Gasteiger partial charge in [-0.2, -0.15) is 0 Å². The van der Waals surface area contributed by atoms with Crippen molar-refractivity contribution < 1.29 is 18.3 Å². The van der Waals surface area contributed by atoms with Crippen LogP contribution in [-0.2, 0) is 4.74 Å². The SMILES string of the molecule is Cc1ccc([C@H]2CCOC(=O)N2)c(F)c1F. The summed E-state index contributed by atoms with van der Waals surface area (Å²) in [5, 5.41) is 2.45. The van der Waals surface area contributed by atoms with E-state index in [9.17, 15) is 13.6 Å². The number of rotatable bonds is 1. The Balaban J connectivity index is 2.33. The number of carbonyl (C=O) groups is 1. The number of amides is 1. The van der Waals surface area contributed by atoms with E-state index < -0.39 is 23.8 Å². The van der Waals surface area contributed by atoms with E-state index in [4.69, 9.17) is 0 Å². The summed E-state index contributed by atoms with van der Waals surface area (Å²) in [5.74, 6) is -1.76. The molecule has 1 aliphatic heterocycles. The fourth-order valence-electron chi connectivity index (χ4n) is 1.69. The van der Waals surface area contributed by atoms with Gasteiger partial charge in [0, 0.05) is 12.0 Å². The molecule has 0 unspecified atom stereocenters. The zero-order valence-electron chi connectivity index (χ0n) is 8.72. The average molecular weight is 227 g/mol. The number of nitrogens with one attached hydrogen (secondary N) is 1. The standard InChI is InChI=1S/C11H11F2NO2/c1-6-2-3-7(10(13)9(6)12)8-4-5-16-11(15)14-8/h2-3,8H,4-5H2,1H3,(H,14,15)/t8-/m1/s1. The Morgan fingerprint density at radius 3 is 2.81 bits per heavy atom. The highest BCUT2D eigenvalue weighted by molar-refractivity contribution is 5.68. The first-order valence-electron chi connectivity index (χ1n) is 4.97. The maximum absolute atomic E-state index is 13.6. The smallest absolute Gasteiger partial charge is 0.407 e. The van der Waals surface area contributed by atoms with E-state index in [0.29, 0.717) is 6.42 Å². The Morgan fingerprint density at radius 2 is 2.12 bits per heavy atom. The van der Waals surface area contributed by atoms with Crippen LogP contribution in [-0.4, -0.2) is 12.7 Å². The molecule has 0 bridgehead atoms. The number of aryl methyl sites for hydroxylation is 1. The van der Waals surface area contributed by atoms with Crippen molar-refractivity contribution in [2.24, 2.45) is 0 Å². The van der Waals surface area contributed by atoms with Crippen LogP contribution in [0.15, 0.2) is 12.1 Å². The van der Waals surface area contributed by atoms with E-state index in [-0.39, 0.29) is 17.7 Å². The first kappa shape index (κ1) is 10.9. The van der Waals surface area contributed by atoms with E-state index in [2.05, 4.69) is 10.1 Å². The number of carbonyl (C=O) groups excluding carboxylic acids is 1. The molecule has 5 heteroatoms. The maximum atomic E-state index is 13.6. The van der Waals surface area contributed by atoms with Gasteiger partial charge in [-0.15, -0.1) is 0 Å². The summed E-state index contributed by atoms with van der Waals surface area (Å²) >= 11 is 0. The summed E-state index contributed by atoms with van der Waals surface area (Å²) < 4.78 is 31.6. The molecule has 0 radical (unpaired) electrons. The molecule has 0 aliphatic carbocycles. The van der Waals surface area contributed by atoms with Gasteiger partial charge in [0.25, 0.3) is 0 Å². The molecule has 3 nitrogen and oxygen atoms in total. The van der Waals surface area contributed by atoms with Crippen LogP contribution in [0.4, 0.5) is 13.6 Å². The van der Waals surface area contributed by atoms with Crippen molar-refractivity contribution >= 4 is 6.09 Å². The highest BCUT2D eigenvalue weighted by atomic mass is 19.2. The molecule has 1 aliphatic rings. The van der Waals surface area contributed by atoms with E-state index in [0.717, 1.165) is 0 Å². The molecule has 2 rings (SSSR count). The van der Waals surface area contributed by atoms with Gasteiger partial charge < -0.3 is 10.1 Å². The third kappa shape index (κ3) is 1.85. The second-order valence-corrected chi connectivity index (χ2v) is 3.72. The summed E-state index contributed by atoms with van der Waals surface area (Å²) in [6.45, 7) is 1.70. The molecule has 1 fully saturated rings. The first-order valence-corrected chi connectivity index (χ1v) is 4.97. The van der Waals surface area contributed by atoms with Crippen LogP contribution in [0, 0.1) is 18.6 Å². The molecule has 1 aromatic rings. The zero-order valence-corrected chi connectivity index (χ0v) is 8.72. The summed E-state index contributed by atoms with van der Waals surface area (Å²) in [4.78, 5) is 11.0. The Kier molecular flexibility index (Phi) is 2.77. The highest BCUT2D eigenvalue weighted by Gasteiger charge is 2.25. The second-order valence-electron chi connectivity index (χ2n) is 3.72. The van der Waals surface area contributed by atoms with Gasteiger partial charge >= 0.3 is 6.09 Å². The summed E-state index contributed by atoms with van der Waals surface area (Å²) in [6.07, 6.45) is -0.165. The number of hydrogen-bond acceptors (Lipinski definition) is 2. The van der Waals surface area contributed by atoms with Crippen LogP contribution in [0.2, 0.25) is 0 Å². The largest absolute Gasteiger partial charge is 0.449 e. The molecular formula is C11H11F2NO2. The molecule has 1 saturated heterocycles. The fourth-order valence-corrected chi connectivity index (χ4v) is 1.69. The van der Waals surface area contributed by atoms with Gasteiger partial charge in [0.05, 0.1) is 12.6 Å². The molecule has 0 saturated carbocycles. The van der Waals surface area contributed by atoms with Crippen LogP contribution in [0.3, 0.4) is 0 Å². The third-order valence-electron chi connectivity index (χ3n) is 2.61. The molecule has 1 N–H and O–H groups in total. The van der Waals surface area contributed by atoms with Gasteiger partial charge in [-0.05, 0) is 12.5 Å². The van der Waals surface area contributed by atoms with Gasteiger partial charge in [-0.3, -0.25) is 0 Å². The summed E-state index contributed by atoms with van der Waals surface area (Å²) in [6, 6.07) is 2.47. The lowest BCUT2D eigenvalue weighted by Crippen LogP contribution is -2.35. The Hall–Kier alpha value is -1.65. The molecule has 0 aromatic heterocycles. The molecule has 1 atom stereocenters. The lowest BCUT2D eigenvalue weighted by molar-refractivity contribution is 0.115. The molecule has 86 valence electrons. The number of cyclic esters (lactones) is 1. The molecule has 1 heterocycles. The third-order valence-corrected chi connectivity index (χ3v) is 2.61. The molecule has 16 heavy (non-hydrogen) atoms. The molecular weight excluding hydrogens is 216 g/mol. The quantitative estimate of drug-likeness (QED) is 0.800. The molecule has 1 aromatic carbocycles. The minimum absolute atomic E-state index is 0.166. The second kappa shape index (κ2) is 4.08. The number of hydrogen-bond donors (Lipinski definition) is 1. The molecule has 1 amide bonds. The van der Waals surface area contributed by atoms with Crippen LogP contribution in [0.25, 0.3) is 0 Å². The topological polar surface area (TPSA) is 38.3 Å². The first-order chi connectivity index (χ1) is 7.59. The van der Waals surface area contributed by atoms with Crippen LogP contribution < -0.4 is 5.32 Å². The number of halogens is 2. The van der Waals surface area contributed by atoms with Gasteiger partial charge in [-0.1, -0.05) is 12.1 Å². The minimum atomic E-state index is -0.896. The van der Waals surface area contributed by atoms with Gasteiger partial charge in [0.2, 0.25) is 0 Å². The van der Waals surface area contributed by atoms with Crippen LogP contribution in [0.1, 0.15) is 23.6 Å². The lowest BCUT2D eigenvalue weighted by Gasteiger charge is -2.24. The van der Waals surface area contributed by atoms with Crippen molar-refractivity contribution in [1.29, 1.82) is 0 Å². The fraction of sp³-hybridized carbons (Fsp3) is 0.364. The highest BCUT2D eigenvalue weighted by Crippen LogP contribution is 2.25. The number of benzene rings is 1. The number of alkyl carbamates (subject to hydrolysis) is 1. The predicted molar refractivity (Wildman–Crippen MR) is 52.9 cm³/mol. The van der Waals surface area contributed by atoms with E-state index in [1.807, 2.05) is 0 Å². The Bertz CT molecular complexity index is 434. The normalized spacial score (nSPS) is 20.2. The van der Waals surface area contributed by atoms with Crippen molar-refractivity contribution in [3.8, 4) is 0 Å².